The average molecular weight is 249 g/mol. The molecule has 18 heavy (non-hydrogen) atoms. The van der Waals surface area contributed by atoms with E-state index in [1.54, 1.807) is 10.6 Å². The molecule has 0 radical (unpaired) electrons. The summed E-state index contributed by atoms with van der Waals surface area (Å²) in [6.45, 7) is 3.41. The zero-order chi connectivity index (χ0) is 13.1. The lowest BCUT2D eigenvalue weighted by atomic mass is 10.1. The van der Waals surface area contributed by atoms with Crippen molar-refractivity contribution in [2.24, 2.45) is 0 Å². The topological polar surface area (TPSA) is 54.3 Å². The summed E-state index contributed by atoms with van der Waals surface area (Å²) >= 11 is 0. The zero-order valence-corrected chi connectivity index (χ0v) is 10.8. The highest BCUT2D eigenvalue weighted by Gasteiger charge is 2.19. The Hall–Kier alpha value is -1.62. The highest BCUT2D eigenvalue weighted by atomic mass is 16.2. The summed E-state index contributed by atoms with van der Waals surface area (Å²) in [6, 6.07) is 3.70. The van der Waals surface area contributed by atoms with Gasteiger partial charge >= 0.3 is 0 Å². The largest absolute Gasteiger partial charge is 0.322 e. The van der Waals surface area contributed by atoms with Gasteiger partial charge in [0.05, 0.1) is 0 Å². The Morgan fingerprint density at radius 3 is 2.67 bits per heavy atom. The van der Waals surface area contributed by atoms with Crippen molar-refractivity contribution < 1.29 is 4.79 Å². The number of carbonyl (C=O) groups is 1. The van der Waals surface area contributed by atoms with Gasteiger partial charge in [0.1, 0.15) is 5.69 Å². The van der Waals surface area contributed by atoms with Crippen LogP contribution in [0.3, 0.4) is 0 Å². The minimum atomic E-state index is -0.215. The number of nitrogens with one attached hydrogen (secondary N) is 1. The summed E-state index contributed by atoms with van der Waals surface area (Å²) in [7, 11) is 2.09. The molecule has 1 aromatic rings. The van der Waals surface area contributed by atoms with E-state index in [1.807, 2.05) is 12.3 Å². The van der Waals surface area contributed by atoms with Gasteiger partial charge in [0.2, 0.25) is 5.91 Å². The van der Waals surface area contributed by atoms with Gasteiger partial charge in [-0.2, -0.15) is 0 Å². The fourth-order valence-corrected chi connectivity index (χ4v) is 2.36. The number of rotatable bonds is 2. The normalized spacial score (nSPS) is 17.7. The van der Waals surface area contributed by atoms with Crippen molar-refractivity contribution in [2.75, 3.05) is 25.5 Å². The molecule has 0 spiro atoms. The van der Waals surface area contributed by atoms with Crippen molar-refractivity contribution in [2.45, 2.75) is 25.8 Å². The molecule has 2 heterocycles. The van der Waals surface area contributed by atoms with Crippen LogP contribution in [0.4, 0.5) is 5.69 Å². The Morgan fingerprint density at radius 2 is 2.06 bits per heavy atom. The molecule has 1 aliphatic rings. The minimum Gasteiger partial charge on any atom is -0.322 e. The van der Waals surface area contributed by atoms with Crippen LogP contribution in [0.15, 0.2) is 23.1 Å². The molecule has 1 aliphatic heterocycles. The Morgan fingerprint density at radius 1 is 1.39 bits per heavy atom. The smallest absolute Gasteiger partial charge is 0.274 e. The molecule has 5 nitrogen and oxygen atoms in total. The van der Waals surface area contributed by atoms with Gasteiger partial charge in [-0.15, -0.1) is 0 Å². The predicted octanol–water partition coefficient (Wildman–Crippen LogP) is 1.07. The molecule has 0 unspecified atom stereocenters. The quantitative estimate of drug-likeness (QED) is 0.853. The van der Waals surface area contributed by atoms with Gasteiger partial charge < -0.3 is 14.8 Å². The molecular formula is C13H19N3O2. The van der Waals surface area contributed by atoms with E-state index in [0.29, 0.717) is 5.69 Å². The maximum atomic E-state index is 12.2. The summed E-state index contributed by atoms with van der Waals surface area (Å²) in [5.41, 5.74) is 0.256. The van der Waals surface area contributed by atoms with E-state index in [2.05, 4.69) is 17.3 Å². The monoisotopic (exact) mass is 249 g/mol. The first kappa shape index (κ1) is 12.8. The lowest BCUT2D eigenvalue weighted by Crippen LogP contribution is -2.36. The van der Waals surface area contributed by atoms with Crippen molar-refractivity contribution >= 4 is 11.6 Å². The van der Waals surface area contributed by atoms with Gasteiger partial charge in [-0.05, 0) is 45.1 Å². The van der Waals surface area contributed by atoms with Crippen molar-refractivity contribution in [1.29, 1.82) is 0 Å². The van der Waals surface area contributed by atoms with Crippen LogP contribution >= 0.6 is 0 Å². The van der Waals surface area contributed by atoms with Gasteiger partial charge in [0, 0.05) is 19.2 Å². The molecule has 0 saturated carbocycles. The molecule has 98 valence electrons. The van der Waals surface area contributed by atoms with Gasteiger partial charge in [-0.3, -0.25) is 9.59 Å². The Kier molecular flexibility index (Phi) is 3.81. The Labute approximate surface area is 106 Å². The summed E-state index contributed by atoms with van der Waals surface area (Å²) < 4.78 is 1.75. The molecule has 5 heteroatoms. The summed E-state index contributed by atoms with van der Waals surface area (Å²) in [5.74, 6) is -0.215. The van der Waals surface area contributed by atoms with E-state index in [0.717, 1.165) is 25.9 Å². The van der Waals surface area contributed by atoms with Crippen LogP contribution in [0.1, 0.15) is 25.8 Å². The van der Waals surface area contributed by atoms with E-state index in [1.165, 1.54) is 6.92 Å². The maximum Gasteiger partial charge on any atom is 0.274 e. The second-order valence-corrected chi connectivity index (χ2v) is 4.85. The number of carbonyl (C=O) groups excluding carboxylic acids is 1. The lowest BCUT2D eigenvalue weighted by molar-refractivity contribution is -0.114. The Balaban J connectivity index is 2.23. The second kappa shape index (κ2) is 5.35. The van der Waals surface area contributed by atoms with Gasteiger partial charge in [-0.25, -0.2) is 0 Å². The van der Waals surface area contributed by atoms with Crippen molar-refractivity contribution in [3.8, 4) is 0 Å². The summed E-state index contributed by atoms with van der Waals surface area (Å²) in [4.78, 5) is 25.5. The van der Waals surface area contributed by atoms with Crippen molar-refractivity contribution in [3.63, 3.8) is 0 Å². The third-order valence-electron chi connectivity index (χ3n) is 3.37. The first-order valence-electron chi connectivity index (χ1n) is 6.25. The molecule has 0 aromatic carbocycles. The van der Waals surface area contributed by atoms with Gasteiger partial charge in [-0.1, -0.05) is 0 Å². The van der Waals surface area contributed by atoms with E-state index >= 15 is 0 Å². The number of nitrogens with zero attached hydrogens (tertiary/aromatic N) is 2. The van der Waals surface area contributed by atoms with Crippen molar-refractivity contribution in [3.05, 3.63) is 28.7 Å². The average Bonchev–Trinajstić information content (AvgIpc) is 2.33. The van der Waals surface area contributed by atoms with Crippen LogP contribution in [-0.2, 0) is 4.79 Å². The number of likely N-dealkylation sites (tertiary alicyclic amines) is 1. The number of anilines is 1. The van der Waals surface area contributed by atoms with Crippen LogP contribution in [0.25, 0.3) is 0 Å². The lowest BCUT2D eigenvalue weighted by Gasteiger charge is -2.30. The van der Waals surface area contributed by atoms with Crippen molar-refractivity contribution in [1.82, 2.24) is 9.47 Å². The fourth-order valence-electron chi connectivity index (χ4n) is 2.36. The molecule has 0 bridgehead atoms. The molecule has 0 atom stereocenters. The van der Waals surface area contributed by atoms with Crippen LogP contribution < -0.4 is 10.9 Å². The number of pyridine rings is 1. The van der Waals surface area contributed by atoms with Crippen LogP contribution in [0.2, 0.25) is 0 Å². The highest BCUT2D eigenvalue weighted by Crippen LogP contribution is 2.20. The van der Waals surface area contributed by atoms with Crippen LogP contribution in [-0.4, -0.2) is 35.5 Å². The van der Waals surface area contributed by atoms with E-state index in [-0.39, 0.29) is 17.5 Å². The zero-order valence-electron chi connectivity index (χ0n) is 10.8. The summed E-state index contributed by atoms with van der Waals surface area (Å²) in [5, 5.41) is 2.58. The molecule has 1 N–H and O–H groups in total. The van der Waals surface area contributed by atoms with E-state index in [9.17, 15) is 9.59 Å². The fraction of sp³-hybridized carbons (Fsp3) is 0.538. The number of aromatic nitrogens is 1. The van der Waals surface area contributed by atoms with Gasteiger partial charge in [0.25, 0.3) is 5.56 Å². The second-order valence-electron chi connectivity index (χ2n) is 4.85. The van der Waals surface area contributed by atoms with E-state index in [4.69, 9.17) is 0 Å². The van der Waals surface area contributed by atoms with E-state index < -0.39 is 0 Å². The van der Waals surface area contributed by atoms with Crippen LogP contribution in [0.5, 0.6) is 0 Å². The molecule has 1 aromatic heterocycles. The summed E-state index contributed by atoms with van der Waals surface area (Å²) in [6.07, 6.45) is 3.75. The Bertz CT molecular complexity index is 487. The number of hydrogen-bond donors (Lipinski definition) is 1. The third-order valence-corrected chi connectivity index (χ3v) is 3.37. The first-order chi connectivity index (χ1) is 8.58. The SMILES string of the molecule is CC(=O)Nc1cccn(C2CCN(C)CC2)c1=O. The molecule has 2 rings (SSSR count). The molecule has 1 amide bonds. The van der Waals surface area contributed by atoms with Gasteiger partial charge in [0.15, 0.2) is 0 Å². The molecular weight excluding hydrogens is 230 g/mol. The maximum absolute atomic E-state index is 12.2. The number of piperidine rings is 1. The standard InChI is InChI=1S/C13H19N3O2/c1-10(17)14-12-4-3-7-16(13(12)18)11-5-8-15(2)9-6-11/h3-4,7,11H,5-6,8-9H2,1-2H3,(H,14,17). The van der Waals surface area contributed by atoms with Crippen LogP contribution in [0, 0.1) is 0 Å². The number of amides is 1. The minimum absolute atomic E-state index is 0.109. The predicted molar refractivity (Wildman–Crippen MR) is 70.8 cm³/mol. The highest BCUT2D eigenvalue weighted by molar-refractivity contribution is 5.88. The first-order valence-corrected chi connectivity index (χ1v) is 6.25. The molecule has 1 saturated heterocycles. The number of hydrogen-bond acceptors (Lipinski definition) is 3. The molecule has 0 aliphatic carbocycles. The third kappa shape index (κ3) is 2.79. The molecule has 1 fully saturated rings.